The van der Waals surface area contributed by atoms with Crippen LogP contribution in [0.1, 0.15) is 38.2 Å². The second-order valence-electron chi connectivity index (χ2n) is 7.03. The van der Waals surface area contributed by atoms with Crippen molar-refractivity contribution in [1.82, 2.24) is 15.5 Å². The van der Waals surface area contributed by atoms with Crippen LogP contribution in [0.3, 0.4) is 0 Å². The number of benzene rings is 1. The van der Waals surface area contributed by atoms with Gasteiger partial charge < -0.3 is 15.4 Å². The Morgan fingerprint density at radius 3 is 2.85 bits per heavy atom. The zero-order valence-electron chi connectivity index (χ0n) is 15.2. The number of carbonyl (C=O) groups excluding carboxylic acids is 3. The van der Waals surface area contributed by atoms with Gasteiger partial charge in [0.1, 0.15) is 17.8 Å². The van der Waals surface area contributed by atoms with Gasteiger partial charge in [0.25, 0.3) is 5.91 Å². The molecule has 4 amide bonds. The summed E-state index contributed by atoms with van der Waals surface area (Å²) in [6.07, 6.45) is 3.51. The largest absolute Gasteiger partial charge is 0.496 e. The number of urea groups is 1. The summed E-state index contributed by atoms with van der Waals surface area (Å²) < 4.78 is 5.25. The number of hydrogen-bond donors (Lipinski definition) is 2. The van der Waals surface area contributed by atoms with Gasteiger partial charge in [0.05, 0.1) is 7.11 Å². The van der Waals surface area contributed by atoms with Gasteiger partial charge in [-0.1, -0.05) is 38.0 Å². The van der Waals surface area contributed by atoms with E-state index in [9.17, 15) is 14.4 Å². The van der Waals surface area contributed by atoms with Crippen molar-refractivity contribution in [2.45, 2.75) is 44.7 Å². The number of para-hydroxylation sites is 1. The molecule has 2 aliphatic rings. The summed E-state index contributed by atoms with van der Waals surface area (Å²) in [4.78, 5) is 38.5. The van der Waals surface area contributed by atoms with Crippen molar-refractivity contribution in [2.75, 3.05) is 13.7 Å². The Hall–Kier alpha value is -2.57. The summed E-state index contributed by atoms with van der Waals surface area (Å²) in [5, 5.41) is 5.61. The average Bonchev–Trinajstić information content (AvgIpc) is 2.87. The Bertz CT molecular complexity index is 720. The van der Waals surface area contributed by atoms with Crippen LogP contribution < -0.4 is 15.4 Å². The number of rotatable bonds is 5. The van der Waals surface area contributed by atoms with Crippen LogP contribution >= 0.6 is 0 Å². The van der Waals surface area contributed by atoms with E-state index in [2.05, 4.69) is 10.6 Å². The number of nitrogens with one attached hydrogen (secondary N) is 2. The molecule has 7 nitrogen and oxygen atoms in total. The molecule has 0 radical (unpaired) electrons. The van der Waals surface area contributed by atoms with E-state index in [0.29, 0.717) is 12.2 Å². The van der Waals surface area contributed by atoms with E-state index in [1.165, 1.54) is 0 Å². The first kappa shape index (κ1) is 18.2. The molecule has 2 fully saturated rings. The molecule has 1 spiro atoms. The third-order valence-electron chi connectivity index (χ3n) is 5.47. The Labute approximate surface area is 153 Å². The summed E-state index contributed by atoms with van der Waals surface area (Å²) in [5.74, 6) is 0.106. The predicted molar refractivity (Wildman–Crippen MR) is 95.4 cm³/mol. The van der Waals surface area contributed by atoms with E-state index in [0.717, 1.165) is 29.7 Å². The van der Waals surface area contributed by atoms with Crippen LogP contribution in [-0.2, 0) is 16.1 Å². The monoisotopic (exact) mass is 359 g/mol. The Kier molecular flexibility index (Phi) is 5.15. The van der Waals surface area contributed by atoms with Crippen LogP contribution in [0.4, 0.5) is 4.79 Å². The lowest BCUT2D eigenvalue weighted by Crippen LogP contribution is -2.54. The molecular weight excluding hydrogens is 334 g/mol. The van der Waals surface area contributed by atoms with Crippen LogP contribution in [0.15, 0.2) is 24.3 Å². The number of methoxy groups -OCH3 is 1. The van der Waals surface area contributed by atoms with Gasteiger partial charge in [-0.05, 0) is 24.8 Å². The molecule has 2 atom stereocenters. The molecule has 3 rings (SSSR count). The van der Waals surface area contributed by atoms with Gasteiger partial charge in [0.2, 0.25) is 5.91 Å². The molecule has 1 aromatic rings. The summed E-state index contributed by atoms with van der Waals surface area (Å²) in [6.45, 7) is 1.99. The molecule has 7 heteroatoms. The summed E-state index contributed by atoms with van der Waals surface area (Å²) in [5.41, 5.74) is -0.00365. The normalized spacial score (nSPS) is 25.3. The number of hydrogen-bond acceptors (Lipinski definition) is 4. The first-order chi connectivity index (χ1) is 12.5. The van der Waals surface area contributed by atoms with Crippen molar-refractivity contribution in [1.29, 1.82) is 0 Å². The molecule has 1 saturated carbocycles. The highest BCUT2D eigenvalue weighted by molar-refractivity contribution is 6.09. The minimum Gasteiger partial charge on any atom is -0.496 e. The fraction of sp³-hybridized carbons (Fsp3) is 0.526. The molecule has 1 aromatic carbocycles. The van der Waals surface area contributed by atoms with E-state index in [4.69, 9.17) is 4.74 Å². The van der Waals surface area contributed by atoms with Crippen LogP contribution in [-0.4, -0.2) is 41.9 Å². The van der Waals surface area contributed by atoms with E-state index < -0.39 is 11.6 Å². The molecule has 2 N–H and O–H groups in total. The fourth-order valence-corrected chi connectivity index (χ4v) is 3.88. The molecule has 0 aromatic heterocycles. The van der Waals surface area contributed by atoms with Crippen LogP contribution in [0, 0.1) is 5.92 Å². The maximum atomic E-state index is 12.9. The Balaban J connectivity index is 1.62. The van der Waals surface area contributed by atoms with Crippen molar-refractivity contribution in [3.05, 3.63) is 29.8 Å². The molecule has 140 valence electrons. The quantitative estimate of drug-likeness (QED) is 0.785. The van der Waals surface area contributed by atoms with E-state index in [1.54, 1.807) is 7.11 Å². The lowest BCUT2D eigenvalue weighted by atomic mass is 9.73. The lowest BCUT2D eigenvalue weighted by Gasteiger charge is -2.36. The molecule has 1 aliphatic carbocycles. The van der Waals surface area contributed by atoms with E-state index >= 15 is 0 Å². The topological polar surface area (TPSA) is 87.7 Å². The minimum absolute atomic E-state index is 0.0781. The maximum absolute atomic E-state index is 12.9. The van der Waals surface area contributed by atoms with Crippen LogP contribution in [0.25, 0.3) is 0 Å². The Morgan fingerprint density at radius 2 is 2.12 bits per heavy atom. The fourth-order valence-electron chi connectivity index (χ4n) is 3.88. The lowest BCUT2D eigenvalue weighted by molar-refractivity contribution is -0.137. The van der Waals surface area contributed by atoms with Crippen LogP contribution in [0.5, 0.6) is 5.75 Å². The van der Waals surface area contributed by atoms with E-state index in [1.807, 2.05) is 31.2 Å². The maximum Gasteiger partial charge on any atom is 0.325 e. The van der Waals surface area contributed by atoms with Crippen molar-refractivity contribution >= 4 is 17.8 Å². The van der Waals surface area contributed by atoms with Gasteiger partial charge >= 0.3 is 6.03 Å². The zero-order valence-corrected chi connectivity index (χ0v) is 15.2. The number of amides is 4. The SMILES string of the molecule is COc1ccccc1CNC(=O)CN1C(=O)N[C@]2(CCCC[C@H]2C)C1=O. The smallest absolute Gasteiger partial charge is 0.325 e. The highest BCUT2D eigenvalue weighted by Crippen LogP contribution is 2.38. The molecule has 1 heterocycles. The summed E-state index contributed by atoms with van der Waals surface area (Å²) >= 11 is 0. The Morgan fingerprint density at radius 1 is 1.35 bits per heavy atom. The second kappa shape index (κ2) is 7.35. The number of ether oxygens (including phenoxy) is 1. The zero-order chi connectivity index (χ0) is 18.7. The highest BCUT2D eigenvalue weighted by Gasteiger charge is 2.55. The highest BCUT2D eigenvalue weighted by atomic mass is 16.5. The van der Waals surface area contributed by atoms with Crippen molar-refractivity contribution < 1.29 is 19.1 Å². The van der Waals surface area contributed by atoms with Crippen molar-refractivity contribution in [2.24, 2.45) is 5.92 Å². The molecule has 1 saturated heterocycles. The first-order valence-electron chi connectivity index (χ1n) is 9.00. The predicted octanol–water partition coefficient (Wildman–Crippen LogP) is 1.81. The molecule has 26 heavy (non-hydrogen) atoms. The summed E-state index contributed by atoms with van der Waals surface area (Å²) in [6, 6.07) is 6.90. The number of nitrogens with zero attached hydrogens (tertiary/aromatic N) is 1. The number of imide groups is 1. The average molecular weight is 359 g/mol. The molecular formula is C19H25N3O4. The minimum atomic E-state index is -0.835. The van der Waals surface area contributed by atoms with E-state index in [-0.39, 0.29) is 30.8 Å². The van der Waals surface area contributed by atoms with Crippen molar-refractivity contribution in [3.63, 3.8) is 0 Å². The third-order valence-corrected chi connectivity index (χ3v) is 5.47. The first-order valence-corrected chi connectivity index (χ1v) is 9.00. The van der Waals surface area contributed by atoms with Gasteiger partial charge in [-0.3, -0.25) is 14.5 Å². The molecule has 0 unspecified atom stereocenters. The third kappa shape index (κ3) is 3.25. The standard InChI is InChI=1S/C19H25N3O4/c1-13-7-5-6-10-19(13)17(24)22(18(25)21-19)12-16(23)20-11-14-8-3-4-9-15(14)26-2/h3-4,8-9,13H,5-7,10-12H2,1-2H3,(H,20,23)(H,21,25)/t13-,19+/m1/s1. The molecule has 0 bridgehead atoms. The summed E-state index contributed by atoms with van der Waals surface area (Å²) in [7, 11) is 1.57. The van der Waals surface area contributed by atoms with Gasteiger partial charge in [0, 0.05) is 12.1 Å². The van der Waals surface area contributed by atoms with Gasteiger partial charge in [-0.25, -0.2) is 4.79 Å². The van der Waals surface area contributed by atoms with Crippen molar-refractivity contribution in [3.8, 4) is 5.75 Å². The van der Waals surface area contributed by atoms with Crippen LogP contribution in [0.2, 0.25) is 0 Å². The second-order valence-corrected chi connectivity index (χ2v) is 7.03. The van der Waals surface area contributed by atoms with Gasteiger partial charge in [0.15, 0.2) is 0 Å². The van der Waals surface area contributed by atoms with Gasteiger partial charge in [-0.15, -0.1) is 0 Å². The van der Waals surface area contributed by atoms with Gasteiger partial charge in [-0.2, -0.15) is 0 Å². The molecule has 1 aliphatic heterocycles. The number of carbonyl (C=O) groups is 3.